The summed E-state index contributed by atoms with van der Waals surface area (Å²) in [4.78, 5) is 11.8. The number of ether oxygens (including phenoxy) is 1. The summed E-state index contributed by atoms with van der Waals surface area (Å²) in [6, 6.07) is 12.9. The zero-order valence-corrected chi connectivity index (χ0v) is 12.8. The van der Waals surface area contributed by atoms with Crippen LogP contribution in [0.4, 0.5) is 16.2 Å². The van der Waals surface area contributed by atoms with Crippen LogP contribution in [0.3, 0.4) is 0 Å². The first-order valence-electron chi connectivity index (χ1n) is 7.22. The number of benzene rings is 2. The standard InChI is InChI=1S/C17H21N3O2/c1-3-13-6-4-5-7-16(13)22-11-19-17(21)20-15-9-8-12(2)10-14(15)18/h4-10H,3,11,18H2,1-2H3,(H2,19,20,21). The van der Waals surface area contributed by atoms with Crippen molar-refractivity contribution in [3.8, 4) is 5.75 Å². The molecule has 0 bridgehead atoms. The van der Waals surface area contributed by atoms with E-state index in [0.29, 0.717) is 11.4 Å². The Morgan fingerprint density at radius 2 is 2.00 bits per heavy atom. The van der Waals surface area contributed by atoms with Crippen molar-refractivity contribution in [2.24, 2.45) is 0 Å². The maximum absolute atomic E-state index is 11.8. The second-order valence-electron chi connectivity index (χ2n) is 4.97. The molecule has 2 aromatic carbocycles. The van der Waals surface area contributed by atoms with Crippen LogP contribution >= 0.6 is 0 Å². The molecule has 0 saturated carbocycles. The lowest BCUT2D eigenvalue weighted by Gasteiger charge is -2.12. The first-order chi connectivity index (χ1) is 10.6. The van der Waals surface area contributed by atoms with Crippen LogP contribution in [0, 0.1) is 6.92 Å². The van der Waals surface area contributed by atoms with Gasteiger partial charge >= 0.3 is 6.03 Å². The zero-order valence-electron chi connectivity index (χ0n) is 12.8. The summed E-state index contributed by atoms with van der Waals surface area (Å²) in [5.41, 5.74) is 9.12. The zero-order chi connectivity index (χ0) is 15.9. The number of nitrogens with one attached hydrogen (secondary N) is 2. The number of aryl methyl sites for hydroxylation is 2. The predicted octanol–water partition coefficient (Wildman–Crippen LogP) is 3.30. The molecule has 0 unspecified atom stereocenters. The molecular weight excluding hydrogens is 278 g/mol. The van der Waals surface area contributed by atoms with Crippen LogP contribution in [-0.2, 0) is 6.42 Å². The van der Waals surface area contributed by atoms with Crippen molar-refractivity contribution < 1.29 is 9.53 Å². The normalized spacial score (nSPS) is 10.1. The summed E-state index contributed by atoms with van der Waals surface area (Å²) < 4.78 is 5.58. The van der Waals surface area contributed by atoms with Crippen LogP contribution in [0.5, 0.6) is 5.75 Å². The lowest BCUT2D eigenvalue weighted by Crippen LogP contribution is -2.32. The first-order valence-corrected chi connectivity index (χ1v) is 7.22. The molecule has 0 aromatic heterocycles. The number of para-hydroxylation sites is 1. The number of hydrogen-bond acceptors (Lipinski definition) is 3. The Balaban J connectivity index is 1.85. The second kappa shape index (κ2) is 7.36. The van der Waals surface area contributed by atoms with Gasteiger partial charge in [-0.2, -0.15) is 0 Å². The van der Waals surface area contributed by atoms with Crippen molar-refractivity contribution in [2.45, 2.75) is 20.3 Å². The number of nitrogens with two attached hydrogens (primary N) is 1. The molecule has 4 N–H and O–H groups in total. The molecule has 116 valence electrons. The molecule has 2 rings (SSSR count). The van der Waals surface area contributed by atoms with Gasteiger partial charge in [0.15, 0.2) is 6.73 Å². The van der Waals surface area contributed by atoms with E-state index in [1.54, 1.807) is 6.07 Å². The van der Waals surface area contributed by atoms with E-state index < -0.39 is 0 Å². The summed E-state index contributed by atoms with van der Waals surface area (Å²) in [5.74, 6) is 0.778. The molecule has 5 heteroatoms. The van der Waals surface area contributed by atoms with Crippen LogP contribution < -0.4 is 21.1 Å². The molecule has 5 nitrogen and oxygen atoms in total. The van der Waals surface area contributed by atoms with E-state index in [0.717, 1.165) is 23.3 Å². The fraction of sp³-hybridized carbons (Fsp3) is 0.235. The highest BCUT2D eigenvalue weighted by Crippen LogP contribution is 2.19. The Morgan fingerprint density at radius 3 is 2.73 bits per heavy atom. The molecule has 0 spiro atoms. The minimum atomic E-state index is -0.357. The quantitative estimate of drug-likeness (QED) is 0.585. The van der Waals surface area contributed by atoms with E-state index in [4.69, 9.17) is 10.5 Å². The molecule has 0 heterocycles. The lowest BCUT2D eigenvalue weighted by molar-refractivity contribution is 0.234. The SMILES string of the molecule is CCc1ccccc1OCNC(=O)Nc1ccc(C)cc1N. The molecular formula is C17H21N3O2. The van der Waals surface area contributed by atoms with E-state index in [1.807, 2.05) is 43.3 Å². The number of rotatable bonds is 5. The van der Waals surface area contributed by atoms with Crippen molar-refractivity contribution in [3.05, 3.63) is 53.6 Å². The summed E-state index contributed by atoms with van der Waals surface area (Å²) in [6.45, 7) is 4.09. The molecule has 0 saturated heterocycles. The van der Waals surface area contributed by atoms with Gasteiger partial charge in [-0.3, -0.25) is 0 Å². The van der Waals surface area contributed by atoms with E-state index in [2.05, 4.69) is 17.6 Å². The lowest BCUT2D eigenvalue weighted by atomic mass is 10.1. The highest BCUT2D eigenvalue weighted by molar-refractivity contribution is 5.92. The van der Waals surface area contributed by atoms with Crippen molar-refractivity contribution in [1.82, 2.24) is 5.32 Å². The van der Waals surface area contributed by atoms with Crippen LogP contribution in [-0.4, -0.2) is 12.8 Å². The number of carbonyl (C=O) groups is 1. The Kier molecular flexibility index (Phi) is 5.25. The highest BCUT2D eigenvalue weighted by Gasteiger charge is 2.05. The molecule has 0 aliphatic carbocycles. The third-order valence-electron chi connectivity index (χ3n) is 3.27. The third-order valence-corrected chi connectivity index (χ3v) is 3.27. The number of amides is 2. The van der Waals surface area contributed by atoms with Crippen molar-refractivity contribution in [3.63, 3.8) is 0 Å². The predicted molar refractivity (Wildman–Crippen MR) is 89.1 cm³/mol. The molecule has 2 aromatic rings. The van der Waals surface area contributed by atoms with Crippen LogP contribution in [0.1, 0.15) is 18.1 Å². The third kappa shape index (κ3) is 4.15. The Labute approximate surface area is 130 Å². The minimum absolute atomic E-state index is 0.0919. The van der Waals surface area contributed by atoms with E-state index in [9.17, 15) is 4.79 Å². The monoisotopic (exact) mass is 299 g/mol. The number of urea groups is 1. The summed E-state index contributed by atoms with van der Waals surface area (Å²) >= 11 is 0. The van der Waals surface area contributed by atoms with Gasteiger partial charge in [-0.25, -0.2) is 4.79 Å². The smallest absolute Gasteiger partial charge is 0.321 e. The molecule has 0 radical (unpaired) electrons. The van der Waals surface area contributed by atoms with E-state index in [-0.39, 0.29) is 12.8 Å². The fourth-order valence-electron chi connectivity index (χ4n) is 2.08. The average Bonchev–Trinajstić information content (AvgIpc) is 2.50. The summed E-state index contributed by atoms with van der Waals surface area (Å²) in [5, 5.41) is 5.34. The molecule has 0 aliphatic rings. The maximum atomic E-state index is 11.8. The minimum Gasteiger partial charge on any atom is -0.473 e. The number of nitrogen functional groups attached to an aromatic ring is 1. The summed E-state index contributed by atoms with van der Waals surface area (Å²) in [6.07, 6.45) is 0.877. The van der Waals surface area contributed by atoms with Gasteiger partial charge in [-0.1, -0.05) is 31.2 Å². The van der Waals surface area contributed by atoms with Gasteiger partial charge in [-0.05, 0) is 42.7 Å². The average molecular weight is 299 g/mol. The first kappa shape index (κ1) is 15.7. The Morgan fingerprint density at radius 1 is 1.23 bits per heavy atom. The number of hydrogen-bond donors (Lipinski definition) is 3. The van der Waals surface area contributed by atoms with Crippen molar-refractivity contribution >= 4 is 17.4 Å². The Bertz CT molecular complexity index is 656. The van der Waals surface area contributed by atoms with Gasteiger partial charge in [-0.15, -0.1) is 0 Å². The number of carbonyl (C=O) groups excluding carboxylic acids is 1. The molecule has 0 aliphatic heterocycles. The van der Waals surface area contributed by atoms with Gasteiger partial charge in [0.05, 0.1) is 11.4 Å². The van der Waals surface area contributed by atoms with Crippen LogP contribution in [0.25, 0.3) is 0 Å². The second-order valence-corrected chi connectivity index (χ2v) is 4.97. The largest absolute Gasteiger partial charge is 0.473 e. The summed E-state index contributed by atoms with van der Waals surface area (Å²) in [7, 11) is 0. The molecule has 0 atom stereocenters. The molecule has 0 fully saturated rings. The van der Waals surface area contributed by atoms with Crippen molar-refractivity contribution in [1.29, 1.82) is 0 Å². The Hall–Kier alpha value is -2.69. The van der Waals surface area contributed by atoms with Crippen LogP contribution in [0.2, 0.25) is 0 Å². The van der Waals surface area contributed by atoms with Gasteiger partial charge < -0.3 is 21.1 Å². The molecule has 22 heavy (non-hydrogen) atoms. The van der Waals surface area contributed by atoms with Gasteiger partial charge in [0.2, 0.25) is 0 Å². The highest BCUT2D eigenvalue weighted by atomic mass is 16.5. The topological polar surface area (TPSA) is 76.4 Å². The van der Waals surface area contributed by atoms with Crippen molar-refractivity contribution in [2.75, 3.05) is 17.8 Å². The number of anilines is 2. The van der Waals surface area contributed by atoms with Gasteiger partial charge in [0, 0.05) is 0 Å². The molecule has 2 amide bonds. The van der Waals surface area contributed by atoms with Crippen LogP contribution in [0.15, 0.2) is 42.5 Å². The van der Waals surface area contributed by atoms with Gasteiger partial charge in [0.25, 0.3) is 0 Å². The fourth-order valence-corrected chi connectivity index (χ4v) is 2.08. The van der Waals surface area contributed by atoms with E-state index in [1.165, 1.54) is 0 Å². The maximum Gasteiger partial charge on any atom is 0.321 e. The van der Waals surface area contributed by atoms with E-state index >= 15 is 0 Å². The van der Waals surface area contributed by atoms with Gasteiger partial charge in [0.1, 0.15) is 5.75 Å².